The molecule has 3 aromatic rings. The summed E-state index contributed by atoms with van der Waals surface area (Å²) in [4.78, 5) is 3.44. The quantitative estimate of drug-likeness (QED) is 0.402. The molecule has 2 aromatic carbocycles. The van der Waals surface area contributed by atoms with Gasteiger partial charge >= 0.3 is 12.1 Å². The predicted octanol–water partition coefficient (Wildman–Crippen LogP) is 3.68. The molecule has 0 aliphatic rings. The van der Waals surface area contributed by atoms with E-state index < -0.39 is 17.9 Å². The molecule has 0 N–H and O–H groups in total. The number of benzene rings is 2. The first-order valence-corrected chi connectivity index (χ1v) is 7.57. The number of halogens is 4. The van der Waals surface area contributed by atoms with Crippen LogP contribution in [0.5, 0.6) is 0 Å². The van der Waals surface area contributed by atoms with Crippen molar-refractivity contribution >= 4 is 16.1 Å². The van der Waals surface area contributed by atoms with Gasteiger partial charge in [-0.2, -0.15) is 18.2 Å². The SMILES string of the molecule is O=S=C(c1ccc(-c2noc(C(F)(F)F)n2)cc1)c1ccccc1F. The molecule has 0 radical (unpaired) electrons. The van der Waals surface area contributed by atoms with E-state index in [0.717, 1.165) is 0 Å². The minimum absolute atomic E-state index is 0.128. The normalized spacial score (nSPS) is 11.4. The van der Waals surface area contributed by atoms with Crippen LogP contribution in [0.2, 0.25) is 0 Å². The molecule has 0 atom stereocenters. The second kappa shape index (κ2) is 6.60. The third kappa shape index (κ3) is 3.50. The van der Waals surface area contributed by atoms with Crippen LogP contribution in [-0.2, 0) is 17.4 Å². The maximum Gasteiger partial charge on any atom is 0.471 e. The number of nitrogens with zero attached hydrogens (tertiary/aromatic N) is 2. The Balaban J connectivity index is 1.93. The topological polar surface area (TPSA) is 56.0 Å². The van der Waals surface area contributed by atoms with Crippen LogP contribution in [0.3, 0.4) is 0 Å². The van der Waals surface area contributed by atoms with Gasteiger partial charge in [0.15, 0.2) is 0 Å². The summed E-state index contributed by atoms with van der Waals surface area (Å²) in [6.07, 6.45) is -4.73. The van der Waals surface area contributed by atoms with Crippen LogP contribution in [0, 0.1) is 5.82 Å². The van der Waals surface area contributed by atoms with Crippen molar-refractivity contribution in [3.63, 3.8) is 0 Å². The average molecular weight is 368 g/mol. The molecule has 1 aromatic heterocycles. The molecular formula is C16H8F4N2O2S. The van der Waals surface area contributed by atoms with E-state index in [4.69, 9.17) is 0 Å². The van der Waals surface area contributed by atoms with Crippen molar-refractivity contribution in [2.24, 2.45) is 0 Å². The molecule has 0 aliphatic heterocycles. The second-order valence-corrected chi connectivity index (χ2v) is 5.47. The summed E-state index contributed by atoms with van der Waals surface area (Å²) in [6, 6.07) is 11.6. The second-order valence-electron chi connectivity index (χ2n) is 4.89. The summed E-state index contributed by atoms with van der Waals surface area (Å²) < 4.78 is 66.9. The molecule has 0 bridgehead atoms. The molecule has 0 aliphatic carbocycles. The Bertz CT molecular complexity index is 961. The summed E-state index contributed by atoms with van der Waals surface area (Å²) >= 11 is 0.128. The van der Waals surface area contributed by atoms with Crippen LogP contribution in [0.4, 0.5) is 17.6 Å². The molecule has 4 nitrogen and oxygen atoms in total. The monoisotopic (exact) mass is 368 g/mol. The molecule has 0 unspecified atom stereocenters. The minimum atomic E-state index is -4.73. The van der Waals surface area contributed by atoms with E-state index in [1.807, 2.05) is 0 Å². The van der Waals surface area contributed by atoms with Crippen molar-refractivity contribution in [2.75, 3.05) is 0 Å². The zero-order valence-electron chi connectivity index (χ0n) is 12.2. The summed E-state index contributed by atoms with van der Waals surface area (Å²) in [5, 5.41) is 3.28. The van der Waals surface area contributed by atoms with E-state index in [9.17, 15) is 21.8 Å². The van der Waals surface area contributed by atoms with Crippen molar-refractivity contribution in [1.82, 2.24) is 10.1 Å². The lowest BCUT2D eigenvalue weighted by Crippen LogP contribution is -2.05. The van der Waals surface area contributed by atoms with Crippen LogP contribution in [0.1, 0.15) is 17.0 Å². The van der Waals surface area contributed by atoms with E-state index in [1.165, 1.54) is 42.5 Å². The van der Waals surface area contributed by atoms with Crippen molar-refractivity contribution in [1.29, 1.82) is 0 Å². The molecule has 1 heterocycles. The van der Waals surface area contributed by atoms with Crippen LogP contribution >= 0.6 is 0 Å². The number of rotatable bonds is 3. The van der Waals surface area contributed by atoms with Gasteiger partial charge in [-0.1, -0.05) is 47.6 Å². The van der Waals surface area contributed by atoms with Gasteiger partial charge in [-0.15, -0.1) is 0 Å². The summed E-state index contributed by atoms with van der Waals surface area (Å²) in [5.41, 5.74) is 0.842. The Morgan fingerprint density at radius 1 is 1.04 bits per heavy atom. The van der Waals surface area contributed by atoms with Gasteiger partial charge in [0.25, 0.3) is 0 Å². The molecule has 0 fully saturated rings. The van der Waals surface area contributed by atoms with E-state index in [1.54, 1.807) is 6.07 Å². The van der Waals surface area contributed by atoms with Gasteiger partial charge in [0.1, 0.15) is 5.82 Å². The Labute approximate surface area is 142 Å². The lowest BCUT2D eigenvalue weighted by molar-refractivity contribution is -0.159. The predicted molar refractivity (Wildman–Crippen MR) is 82.5 cm³/mol. The first-order valence-electron chi connectivity index (χ1n) is 6.83. The van der Waals surface area contributed by atoms with Gasteiger partial charge in [0.05, 0.1) is 16.1 Å². The molecule has 0 amide bonds. The van der Waals surface area contributed by atoms with Gasteiger partial charge in [0, 0.05) is 11.1 Å². The van der Waals surface area contributed by atoms with Crippen molar-refractivity contribution in [3.05, 3.63) is 71.4 Å². The average Bonchev–Trinajstić information content (AvgIpc) is 3.08. The zero-order chi connectivity index (χ0) is 18.0. The van der Waals surface area contributed by atoms with Gasteiger partial charge in [-0.25, -0.2) is 8.60 Å². The van der Waals surface area contributed by atoms with Gasteiger partial charge < -0.3 is 4.52 Å². The molecule has 0 spiro atoms. The highest BCUT2D eigenvalue weighted by Crippen LogP contribution is 2.29. The highest BCUT2D eigenvalue weighted by atomic mass is 32.1. The Morgan fingerprint density at radius 2 is 1.72 bits per heavy atom. The maximum atomic E-state index is 13.9. The van der Waals surface area contributed by atoms with E-state index in [-0.39, 0.29) is 33.1 Å². The van der Waals surface area contributed by atoms with E-state index in [0.29, 0.717) is 5.56 Å². The standard InChI is InChI=1S/C16H8F4N2O2S/c17-12-4-2-1-3-11(12)13(25-23)9-5-7-10(8-6-9)14-21-15(24-22-14)16(18,19)20/h1-8H. The molecule has 0 saturated heterocycles. The smallest absolute Gasteiger partial charge is 0.329 e. The molecule has 9 heteroatoms. The Hall–Kier alpha value is -2.81. The van der Waals surface area contributed by atoms with Gasteiger partial charge in [-0.05, 0) is 11.6 Å². The van der Waals surface area contributed by atoms with E-state index in [2.05, 4.69) is 14.7 Å². The fourth-order valence-electron chi connectivity index (χ4n) is 2.12. The number of hydrogen-bond acceptors (Lipinski definition) is 4. The van der Waals surface area contributed by atoms with Gasteiger partial charge in [-0.3, -0.25) is 0 Å². The van der Waals surface area contributed by atoms with Crippen LogP contribution in [-0.4, -0.2) is 19.2 Å². The zero-order valence-corrected chi connectivity index (χ0v) is 13.1. The van der Waals surface area contributed by atoms with Crippen molar-refractivity contribution < 1.29 is 26.3 Å². The lowest BCUT2D eigenvalue weighted by atomic mass is 10.0. The minimum Gasteiger partial charge on any atom is -0.329 e. The summed E-state index contributed by atoms with van der Waals surface area (Å²) in [7, 11) is 0. The van der Waals surface area contributed by atoms with Crippen LogP contribution in [0.15, 0.2) is 53.1 Å². The molecule has 0 saturated carbocycles. The fourth-order valence-corrected chi connectivity index (χ4v) is 2.61. The summed E-state index contributed by atoms with van der Waals surface area (Å²) in [5.74, 6) is -2.22. The van der Waals surface area contributed by atoms with E-state index >= 15 is 0 Å². The first kappa shape index (κ1) is 17.0. The van der Waals surface area contributed by atoms with Gasteiger partial charge in [0.2, 0.25) is 5.82 Å². The first-order chi connectivity index (χ1) is 11.9. The molecular weight excluding hydrogens is 360 g/mol. The number of aromatic nitrogens is 2. The third-order valence-corrected chi connectivity index (χ3v) is 3.90. The van der Waals surface area contributed by atoms with Crippen LogP contribution in [0.25, 0.3) is 11.4 Å². The largest absolute Gasteiger partial charge is 0.471 e. The molecule has 128 valence electrons. The Kier molecular flexibility index (Phi) is 4.49. The van der Waals surface area contributed by atoms with Crippen molar-refractivity contribution in [3.8, 4) is 11.4 Å². The fraction of sp³-hybridized carbons (Fsp3) is 0.0625. The highest BCUT2D eigenvalue weighted by Gasteiger charge is 2.38. The maximum absolute atomic E-state index is 13.9. The lowest BCUT2D eigenvalue weighted by Gasteiger charge is -2.05. The van der Waals surface area contributed by atoms with Crippen LogP contribution < -0.4 is 0 Å². The highest BCUT2D eigenvalue weighted by molar-refractivity contribution is 7.67. The Morgan fingerprint density at radius 3 is 2.28 bits per heavy atom. The summed E-state index contributed by atoms with van der Waals surface area (Å²) in [6.45, 7) is 0. The number of alkyl halides is 3. The molecule has 3 rings (SSSR count). The molecule has 25 heavy (non-hydrogen) atoms. The van der Waals surface area contributed by atoms with Crippen molar-refractivity contribution in [2.45, 2.75) is 6.18 Å². The number of hydrogen-bond donors (Lipinski definition) is 0. The third-order valence-electron chi connectivity index (χ3n) is 3.28.